The van der Waals surface area contributed by atoms with E-state index in [0.717, 1.165) is 6.92 Å². The maximum Gasteiger partial charge on any atom is 0.326 e. The number of aliphatic imine (C=N–C) groups is 1. The Kier molecular flexibility index (Phi) is 24.9. The minimum atomic E-state index is -1.86. The summed E-state index contributed by atoms with van der Waals surface area (Å²) in [6, 6.07) is -0.518. The minimum absolute atomic E-state index is 0.0630. The van der Waals surface area contributed by atoms with Gasteiger partial charge in [0.05, 0.1) is 18.6 Å². The molecule has 2 aromatic rings. The largest absolute Gasteiger partial charge is 0.508 e. The molecule has 0 unspecified atom stereocenters. The van der Waals surface area contributed by atoms with E-state index in [1.54, 1.807) is 13.8 Å². The van der Waals surface area contributed by atoms with Crippen molar-refractivity contribution < 1.29 is 63.6 Å². The Morgan fingerprint density at radius 2 is 1.03 bits per heavy atom. The van der Waals surface area contributed by atoms with Crippen molar-refractivity contribution in [3.63, 3.8) is 0 Å². The number of nitrogens with two attached hydrogens (primary N) is 4. The second kappa shape index (κ2) is 29.6. The molecule has 0 bridgehead atoms. The molecule has 0 aliphatic heterocycles. The lowest BCUT2D eigenvalue weighted by Crippen LogP contribution is -2.62. The summed E-state index contributed by atoms with van der Waals surface area (Å²) in [5, 5.41) is 57.8. The van der Waals surface area contributed by atoms with Crippen LogP contribution in [0.3, 0.4) is 0 Å². The first kappa shape index (κ1) is 60.6. The van der Waals surface area contributed by atoms with Gasteiger partial charge in [-0.25, -0.2) is 4.79 Å². The van der Waals surface area contributed by atoms with Gasteiger partial charge in [-0.15, -0.1) is 0 Å². The lowest BCUT2D eigenvalue weighted by Gasteiger charge is -2.29. The van der Waals surface area contributed by atoms with E-state index in [4.69, 9.17) is 22.9 Å². The molecular formula is C47H72N12O13. The first-order valence-electron chi connectivity index (χ1n) is 23.4. The van der Waals surface area contributed by atoms with Crippen LogP contribution < -0.4 is 60.2 Å². The molecule has 0 spiro atoms. The molecule has 2 rings (SSSR count). The van der Waals surface area contributed by atoms with Gasteiger partial charge in [0.1, 0.15) is 53.8 Å². The number of aliphatic hydroxyl groups excluding tert-OH is 1. The van der Waals surface area contributed by atoms with Gasteiger partial charge in [0.2, 0.25) is 47.3 Å². The highest BCUT2D eigenvalue weighted by atomic mass is 16.4. The number of carbonyl (C=O) groups excluding carboxylic acids is 8. The van der Waals surface area contributed by atoms with Crippen molar-refractivity contribution in [1.29, 1.82) is 0 Å². The van der Waals surface area contributed by atoms with Gasteiger partial charge < -0.3 is 80.6 Å². The van der Waals surface area contributed by atoms with Crippen LogP contribution in [-0.4, -0.2) is 141 Å². The zero-order valence-electron chi connectivity index (χ0n) is 41.3. The zero-order chi connectivity index (χ0) is 54.4. The number of carboxylic acid groups (broad SMARTS) is 1. The normalized spacial score (nSPS) is 15.2. The van der Waals surface area contributed by atoms with Crippen LogP contribution in [0.1, 0.15) is 84.8 Å². The maximum absolute atomic E-state index is 14.5. The van der Waals surface area contributed by atoms with Crippen LogP contribution in [0.5, 0.6) is 11.5 Å². The predicted molar refractivity (Wildman–Crippen MR) is 263 cm³/mol. The van der Waals surface area contributed by atoms with Crippen LogP contribution >= 0.6 is 0 Å². The molecule has 0 radical (unpaired) electrons. The Morgan fingerprint density at radius 1 is 0.583 bits per heavy atom. The number of aliphatic hydroxyl groups is 1. The molecule has 25 heteroatoms. The topological polar surface area (TPSA) is 435 Å². The molecular weight excluding hydrogens is 941 g/mol. The summed E-state index contributed by atoms with van der Waals surface area (Å²) in [6.07, 6.45) is -2.26. The number of hydrogen-bond acceptors (Lipinski definition) is 14. The average Bonchev–Trinajstić information content (AvgIpc) is 3.30. The Morgan fingerprint density at radius 3 is 1.49 bits per heavy atom. The van der Waals surface area contributed by atoms with Gasteiger partial charge in [-0.2, -0.15) is 0 Å². The monoisotopic (exact) mass is 1010 g/mol. The first-order valence-corrected chi connectivity index (χ1v) is 23.4. The molecule has 19 N–H and O–H groups in total. The third kappa shape index (κ3) is 21.2. The fourth-order valence-electron chi connectivity index (χ4n) is 7.03. The molecule has 8 amide bonds. The fraction of sp³-hybridized carbons (Fsp3) is 0.532. The van der Waals surface area contributed by atoms with Gasteiger partial charge in [-0.05, 0) is 80.3 Å². The smallest absolute Gasteiger partial charge is 0.326 e. The molecule has 25 nitrogen and oxygen atoms in total. The number of amides is 8. The molecule has 0 aromatic heterocycles. The van der Waals surface area contributed by atoms with Crippen molar-refractivity contribution in [3.05, 3.63) is 59.7 Å². The lowest BCUT2D eigenvalue weighted by molar-refractivity contribution is -0.143. The number of aromatic hydroxyl groups is 2. The Bertz CT molecular complexity index is 2200. The number of rotatable bonds is 30. The van der Waals surface area contributed by atoms with Crippen LogP contribution in [0.15, 0.2) is 53.5 Å². The summed E-state index contributed by atoms with van der Waals surface area (Å²) in [4.78, 5) is 124. The number of benzene rings is 2. The van der Waals surface area contributed by atoms with E-state index in [-0.39, 0.29) is 55.6 Å². The molecule has 0 saturated heterocycles. The van der Waals surface area contributed by atoms with Crippen LogP contribution in [0.4, 0.5) is 0 Å². The summed E-state index contributed by atoms with van der Waals surface area (Å²) < 4.78 is 0. The molecule has 10 atom stereocenters. The third-order valence-corrected chi connectivity index (χ3v) is 11.3. The molecule has 0 aliphatic carbocycles. The van der Waals surface area contributed by atoms with E-state index < -0.39 is 120 Å². The highest BCUT2D eigenvalue weighted by Gasteiger charge is 2.37. The Hall–Kier alpha value is -7.54. The van der Waals surface area contributed by atoms with Crippen molar-refractivity contribution in [2.75, 3.05) is 6.54 Å². The van der Waals surface area contributed by atoms with Crippen LogP contribution in [0, 0.1) is 11.8 Å². The van der Waals surface area contributed by atoms with Crippen LogP contribution in [-0.2, 0) is 56.0 Å². The SMILES string of the molecule is CC[C@H](C)[C@H](NC(=O)[C@H](Cc1ccc(O)cc1)NC(=O)[C@H](Cc1ccc(O)cc1)NC(=O)[C@@H](NC(=O)[C@H](CC(N)=O)NC(=O)[C@H](C)NC(=O)[C@@H](N)CC(C)C)[C@@H](C)O)C(=O)N[C@@H](CCCN=C(N)N)C(=O)O. The van der Waals surface area contributed by atoms with E-state index in [1.807, 2.05) is 13.8 Å². The highest BCUT2D eigenvalue weighted by molar-refractivity contribution is 5.99. The number of nitrogens with one attached hydrogen (secondary N) is 7. The second-order valence-electron chi connectivity index (χ2n) is 18.0. The van der Waals surface area contributed by atoms with Gasteiger partial charge in [0.25, 0.3) is 0 Å². The molecule has 0 fully saturated rings. The number of aliphatic carboxylic acids is 1. The van der Waals surface area contributed by atoms with Crippen LogP contribution in [0.25, 0.3) is 0 Å². The van der Waals surface area contributed by atoms with E-state index in [1.165, 1.54) is 55.5 Å². The number of nitrogens with zero attached hydrogens (tertiary/aromatic N) is 1. The molecule has 398 valence electrons. The van der Waals surface area contributed by atoms with Gasteiger partial charge in [-0.1, -0.05) is 58.4 Å². The summed E-state index contributed by atoms with van der Waals surface area (Å²) in [5.74, 6) is -9.98. The second-order valence-corrected chi connectivity index (χ2v) is 18.0. The van der Waals surface area contributed by atoms with Gasteiger partial charge >= 0.3 is 5.97 Å². The summed E-state index contributed by atoms with van der Waals surface area (Å²) >= 11 is 0. The highest BCUT2D eigenvalue weighted by Crippen LogP contribution is 2.16. The van der Waals surface area contributed by atoms with E-state index in [0.29, 0.717) is 24.0 Å². The zero-order valence-corrected chi connectivity index (χ0v) is 41.3. The molecule has 0 heterocycles. The number of hydrogen-bond donors (Lipinski definition) is 15. The van der Waals surface area contributed by atoms with Gasteiger partial charge in [0, 0.05) is 19.4 Å². The predicted octanol–water partition coefficient (Wildman–Crippen LogP) is -2.89. The number of phenols is 2. The Labute approximate surface area is 417 Å². The van der Waals surface area contributed by atoms with Crippen molar-refractivity contribution >= 4 is 59.2 Å². The van der Waals surface area contributed by atoms with Crippen molar-refractivity contribution in [2.24, 2.45) is 39.8 Å². The number of carboxylic acids is 1. The van der Waals surface area contributed by atoms with Crippen LogP contribution in [0.2, 0.25) is 0 Å². The number of primary amides is 1. The first-order chi connectivity index (χ1) is 33.7. The van der Waals surface area contributed by atoms with Crippen molar-refractivity contribution in [1.82, 2.24) is 37.2 Å². The van der Waals surface area contributed by atoms with Crippen molar-refractivity contribution in [2.45, 2.75) is 141 Å². The average molecular weight is 1010 g/mol. The summed E-state index contributed by atoms with van der Waals surface area (Å²) in [6.45, 7) is 9.59. The number of phenolic OH excluding ortho intramolecular Hbond substituents is 2. The molecule has 2 aromatic carbocycles. The minimum Gasteiger partial charge on any atom is -0.508 e. The molecule has 72 heavy (non-hydrogen) atoms. The number of carbonyl (C=O) groups is 9. The van der Waals surface area contributed by atoms with Gasteiger partial charge in [0.15, 0.2) is 5.96 Å². The fourth-order valence-corrected chi connectivity index (χ4v) is 7.03. The standard InChI is InChI=1S/C47H72N12O13/c1-7-24(4)37(44(69)54-32(46(71)72)9-8-18-52-47(50)51)58-42(67)34(21-28-12-16-30(62)17-13-28)56-41(66)33(20-27-10-14-29(61)15-11-27)57-45(70)38(26(6)60)59-43(68)35(22-36(49)63)55-39(64)25(5)53-40(65)31(48)19-23(2)3/h10-17,23-26,31-35,37-38,60-62H,7-9,18-22,48H2,1-6H3,(H2,49,63)(H,53,65)(H,54,69)(H,55,64)(H,56,66)(H,57,70)(H,58,67)(H,59,68)(H,71,72)(H4,50,51,52)/t24-,25-,26+,31-,32-,33-,34-,35-,37-,38-/m0/s1. The molecule has 0 saturated carbocycles. The molecule has 0 aliphatic rings. The van der Waals surface area contributed by atoms with E-state index in [9.17, 15) is 63.6 Å². The lowest BCUT2D eigenvalue weighted by atomic mass is 9.96. The summed E-state index contributed by atoms with van der Waals surface area (Å²) in [5.41, 5.74) is 22.8. The number of guanidine groups is 1. The van der Waals surface area contributed by atoms with Gasteiger partial charge in [-0.3, -0.25) is 43.3 Å². The van der Waals surface area contributed by atoms with E-state index >= 15 is 0 Å². The van der Waals surface area contributed by atoms with Crippen molar-refractivity contribution in [3.8, 4) is 11.5 Å². The maximum atomic E-state index is 14.5. The summed E-state index contributed by atoms with van der Waals surface area (Å²) in [7, 11) is 0. The Balaban J connectivity index is 2.50. The third-order valence-electron chi connectivity index (χ3n) is 11.3. The van der Waals surface area contributed by atoms with E-state index in [2.05, 4.69) is 42.2 Å². The quantitative estimate of drug-likeness (QED) is 0.0212.